The molecule has 0 aliphatic carbocycles. The molecule has 0 atom stereocenters. The van der Waals surface area contributed by atoms with Crippen molar-refractivity contribution < 1.29 is 4.74 Å². The van der Waals surface area contributed by atoms with Crippen LogP contribution in [0, 0.1) is 13.8 Å². The number of thiocarbonyl (C=S) groups is 1. The van der Waals surface area contributed by atoms with E-state index >= 15 is 0 Å². The van der Waals surface area contributed by atoms with Crippen LogP contribution in [0.2, 0.25) is 0 Å². The summed E-state index contributed by atoms with van der Waals surface area (Å²) in [6.45, 7) is 7.85. The monoisotopic (exact) mass is 332 g/mol. The van der Waals surface area contributed by atoms with Gasteiger partial charge in [0.05, 0.1) is 12.8 Å². The molecule has 2 aromatic rings. The first-order valence-electron chi connectivity index (χ1n) is 7.65. The van der Waals surface area contributed by atoms with Gasteiger partial charge in [-0.2, -0.15) is 5.10 Å². The minimum atomic E-state index is 0.668. The summed E-state index contributed by atoms with van der Waals surface area (Å²) in [5.41, 5.74) is 4.39. The molecule has 2 rings (SSSR count). The molecule has 0 spiro atoms. The van der Waals surface area contributed by atoms with Crippen LogP contribution in [0.5, 0.6) is 5.75 Å². The summed E-state index contributed by atoms with van der Waals surface area (Å²) in [6.07, 6.45) is 0. The third-order valence-corrected chi connectivity index (χ3v) is 4.31. The Balaban J connectivity index is 2.07. The lowest BCUT2D eigenvalue weighted by Gasteiger charge is -2.21. The quantitative estimate of drug-likeness (QED) is 0.851. The number of ether oxygens (including phenoxy) is 1. The topological polar surface area (TPSA) is 42.3 Å². The summed E-state index contributed by atoms with van der Waals surface area (Å²) in [7, 11) is 3.64. The molecule has 0 saturated heterocycles. The van der Waals surface area contributed by atoms with E-state index in [0.29, 0.717) is 5.11 Å². The van der Waals surface area contributed by atoms with Crippen molar-refractivity contribution in [1.29, 1.82) is 0 Å². The number of nitrogens with zero attached hydrogens (tertiary/aromatic N) is 3. The highest BCUT2D eigenvalue weighted by atomic mass is 32.1. The van der Waals surface area contributed by atoms with E-state index in [0.717, 1.165) is 30.2 Å². The standard InChI is InChI=1S/C17H24N4OS/c1-6-21-13(3)16(12(2)19-21)11-20(4)17(23)18-14-8-7-9-15(10-14)22-5/h7-10H,6,11H2,1-5H3,(H,18,23). The van der Waals surface area contributed by atoms with E-state index in [1.165, 1.54) is 11.3 Å². The summed E-state index contributed by atoms with van der Waals surface area (Å²) >= 11 is 5.51. The SMILES string of the molecule is CCn1nc(C)c(CN(C)C(=S)Nc2cccc(OC)c2)c1C. The Bertz CT molecular complexity index is 696. The van der Waals surface area contributed by atoms with Crippen molar-refractivity contribution in [2.45, 2.75) is 33.9 Å². The van der Waals surface area contributed by atoms with Crippen LogP contribution in [0.4, 0.5) is 5.69 Å². The van der Waals surface area contributed by atoms with Crippen LogP contribution in [-0.2, 0) is 13.1 Å². The van der Waals surface area contributed by atoms with Crippen molar-refractivity contribution in [1.82, 2.24) is 14.7 Å². The zero-order chi connectivity index (χ0) is 17.0. The van der Waals surface area contributed by atoms with Gasteiger partial charge in [0.15, 0.2) is 5.11 Å². The van der Waals surface area contributed by atoms with Gasteiger partial charge >= 0.3 is 0 Å². The molecule has 5 nitrogen and oxygen atoms in total. The Morgan fingerprint density at radius 3 is 2.74 bits per heavy atom. The maximum absolute atomic E-state index is 5.51. The molecule has 6 heteroatoms. The smallest absolute Gasteiger partial charge is 0.173 e. The van der Waals surface area contributed by atoms with E-state index < -0.39 is 0 Å². The van der Waals surface area contributed by atoms with Crippen molar-refractivity contribution in [3.63, 3.8) is 0 Å². The van der Waals surface area contributed by atoms with Crippen LogP contribution in [0.3, 0.4) is 0 Å². The number of aromatic nitrogens is 2. The Hall–Kier alpha value is -2.08. The third-order valence-electron chi connectivity index (χ3n) is 3.89. The lowest BCUT2D eigenvalue weighted by atomic mass is 10.2. The molecule has 0 saturated carbocycles. The molecular weight excluding hydrogens is 308 g/mol. The Morgan fingerprint density at radius 1 is 1.39 bits per heavy atom. The maximum Gasteiger partial charge on any atom is 0.173 e. The van der Waals surface area contributed by atoms with Gasteiger partial charge in [0.1, 0.15) is 5.75 Å². The van der Waals surface area contributed by atoms with Crippen molar-refractivity contribution >= 4 is 23.0 Å². The number of hydrogen-bond donors (Lipinski definition) is 1. The van der Waals surface area contributed by atoms with Gasteiger partial charge < -0.3 is 15.0 Å². The number of aryl methyl sites for hydroxylation is 2. The van der Waals surface area contributed by atoms with Crippen LogP contribution in [-0.4, -0.2) is 34.0 Å². The highest BCUT2D eigenvalue weighted by Crippen LogP contribution is 2.18. The zero-order valence-corrected chi connectivity index (χ0v) is 15.2. The lowest BCUT2D eigenvalue weighted by Crippen LogP contribution is -2.31. The average molecular weight is 332 g/mol. The van der Waals surface area contributed by atoms with E-state index in [2.05, 4.69) is 24.3 Å². The molecule has 0 radical (unpaired) electrons. The molecule has 0 aliphatic rings. The molecule has 1 aromatic carbocycles. The number of hydrogen-bond acceptors (Lipinski definition) is 3. The Kier molecular flexibility index (Phi) is 5.60. The summed E-state index contributed by atoms with van der Waals surface area (Å²) in [4.78, 5) is 2.02. The summed E-state index contributed by atoms with van der Waals surface area (Å²) in [5.74, 6) is 0.802. The number of anilines is 1. The minimum absolute atomic E-state index is 0.668. The van der Waals surface area contributed by atoms with Crippen LogP contribution >= 0.6 is 12.2 Å². The first-order chi connectivity index (χ1) is 11.0. The number of methoxy groups -OCH3 is 1. The van der Waals surface area contributed by atoms with Crippen molar-refractivity contribution in [2.75, 3.05) is 19.5 Å². The molecule has 0 unspecified atom stereocenters. The van der Waals surface area contributed by atoms with Crippen LogP contribution in [0.15, 0.2) is 24.3 Å². The number of rotatable bonds is 5. The van der Waals surface area contributed by atoms with Gasteiger partial charge in [0.2, 0.25) is 0 Å². The Morgan fingerprint density at radius 2 is 2.13 bits per heavy atom. The third kappa shape index (κ3) is 4.01. The highest BCUT2D eigenvalue weighted by molar-refractivity contribution is 7.80. The van der Waals surface area contributed by atoms with E-state index in [9.17, 15) is 0 Å². The van der Waals surface area contributed by atoms with E-state index in [1.54, 1.807) is 7.11 Å². The fourth-order valence-electron chi connectivity index (χ4n) is 2.50. The zero-order valence-electron chi connectivity index (χ0n) is 14.4. The van der Waals surface area contributed by atoms with Gasteiger partial charge in [-0.1, -0.05) is 6.07 Å². The molecule has 23 heavy (non-hydrogen) atoms. The molecule has 124 valence electrons. The summed E-state index contributed by atoms with van der Waals surface area (Å²) < 4.78 is 7.26. The van der Waals surface area contributed by atoms with Crippen LogP contribution in [0.1, 0.15) is 23.9 Å². The number of nitrogens with one attached hydrogen (secondary N) is 1. The molecule has 1 N–H and O–H groups in total. The van der Waals surface area contributed by atoms with Crippen molar-refractivity contribution in [3.8, 4) is 5.75 Å². The van der Waals surface area contributed by atoms with Gasteiger partial charge in [-0.25, -0.2) is 0 Å². The summed E-state index contributed by atoms with van der Waals surface area (Å²) in [5, 5.41) is 8.47. The Labute approximate surface area is 143 Å². The molecule has 0 fully saturated rings. The summed E-state index contributed by atoms with van der Waals surface area (Å²) in [6, 6.07) is 7.73. The van der Waals surface area contributed by atoms with E-state index in [4.69, 9.17) is 17.0 Å². The first-order valence-corrected chi connectivity index (χ1v) is 8.06. The van der Waals surface area contributed by atoms with Gasteiger partial charge in [-0.3, -0.25) is 4.68 Å². The molecule has 0 aliphatic heterocycles. The molecular formula is C17H24N4OS. The van der Waals surface area contributed by atoms with Crippen LogP contribution in [0.25, 0.3) is 0 Å². The van der Waals surface area contributed by atoms with Crippen molar-refractivity contribution in [3.05, 3.63) is 41.2 Å². The largest absolute Gasteiger partial charge is 0.497 e. The predicted molar refractivity (Wildman–Crippen MR) is 98.1 cm³/mol. The average Bonchev–Trinajstić information content (AvgIpc) is 2.82. The molecule has 0 amide bonds. The fourth-order valence-corrected chi connectivity index (χ4v) is 2.68. The van der Waals surface area contributed by atoms with Gasteiger partial charge in [-0.05, 0) is 45.1 Å². The molecule has 0 bridgehead atoms. The highest BCUT2D eigenvalue weighted by Gasteiger charge is 2.14. The fraction of sp³-hybridized carbons (Fsp3) is 0.412. The van der Waals surface area contributed by atoms with Crippen molar-refractivity contribution in [2.24, 2.45) is 0 Å². The van der Waals surface area contributed by atoms with E-state index in [-0.39, 0.29) is 0 Å². The number of benzene rings is 1. The van der Waals surface area contributed by atoms with Gasteiger partial charge in [0.25, 0.3) is 0 Å². The van der Waals surface area contributed by atoms with Gasteiger partial charge in [0, 0.05) is 43.1 Å². The molecule has 1 aromatic heterocycles. The maximum atomic E-state index is 5.51. The first kappa shape index (κ1) is 17.3. The second-order valence-electron chi connectivity index (χ2n) is 5.48. The molecule has 1 heterocycles. The lowest BCUT2D eigenvalue weighted by molar-refractivity contribution is 0.415. The van der Waals surface area contributed by atoms with Gasteiger partial charge in [-0.15, -0.1) is 0 Å². The minimum Gasteiger partial charge on any atom is -0.497 e. The van der Waals surface area contributed by atoms with E-state index in [1.807, 2.05) is 47.8 Å². The second-order valence-corrected chi connectivity index (χ2v) is 5.87. The van der Waals surface area contributed by atoms with Crippen LogP contribution < -0.4 is 10.1 Å². The second kappa shape index (κ2) is 7.46. The normalized spacial score (nSPS) is 10.5. The predicted octanol–water partition coefficient (Wildman–Crippen LogP) is 3.36.